The number of benzene rings is 1. The molecule has 0 aliphatic heterocycles. The van der Waals surface area contributed by atoms with Gasteiger partial charge in [0.05, 0.1) is 12.6 Å². The lowest BCUT2D eigenvalue weighted by molar-refractivity contribution is -0.118. The number of rotatable bonds is 6. The standard InChI is InChI=1S/C15H24N4O/c1-4-16-15(18-11-10-17-13(3)20)19-12(2)14-8-6-5-7-9-14/h5-9,12H,4,10-11H2,1-3H3,(H,17,20)(H2,16,18,19). The molecule has 0 aromatic heterocycles. The number of carbonyl (C=O) groups excluding carboxylic acids is 1. The summed E-state index contributed by atoms with van der Waals surface area (Å²) in [5.74, 6) is 0.727. The summed E-state index contributed by atoms with van der Waals surface area (Å²) < 4.78 is 0. The molecule has 1 aromatic rings. The number of nitrogens with zero attached hydrogens (tertiary/aromatic N) is 1. The van der Waals surface area contributed by atoms with Crippen LogP contribution in [0.1, 0.15) is 32.4 Å². The lowest BCUT2D eigenvalue weighted by Gasteiger charge is -2.18. The molecule has 5 heteroatoms. The molecule has 0 saturated heterocycles. The minimum atomic E-state index is -0.0317. The van der Waals surface area contributed by atoms with E-state index in [1.807, 2.05) is 25.1 Å². The summed E-state index contributed by atoms with van der Waals surface area (Å²) >= 11 is 0. The number of nitrogens with one attached hydrogen (secondary N) is 3. The summed E-state index contributed by atoms with van der Waals surface area (Å²) in [5, 5.41) is 9.27. The van der Waals surface area contributed by atoms with Crippen LogP contribution in [0.5, 0.6) is 0 Å². The molecule has 1 amide bonds. The van der Waals surface area contributed by atoms with Gasteiger partial charge in [-0.1, -0.05) is 30.3 Å². The van der Waals surface area contributed by atoms with Crippen molar-refractivity contribution < 1.29 is 4.79 Å². The smallest absolute Gasteiger partial charge is 0.216 e. The lowest BCUT2D eigenvalue weighted by Crippen LogP contribution is -2.39. The molecule has 0 saturated carbocycles. The van der Waals surface area contributed by atoms with Gasteiger partial charge in [-0.25, -0.2) is 0 Å². The Balaban J connectivity index is 2.53. The van der Waals surface area contributed by atoms with Gasteiger partial charge in [0.25, 0.3) is 0 Å². The van der Waals surface area contributed by atoms with Gasteiger partial charge in [-0.15, -0.1) is 0 Å². The first-order valence-electron chi connectivity index (χ1n) is 6.97. The Bertz CT molecular complexity index is 431. The van der Waals surface area contributed by atoms with Gasteiger partial charge in [0.2, 0.25) is 5.91 Å². The van der Waals surface area contributed by atoms with Crippen LogP contribution in [-0.2, 0) is 4.79 Å². The Kier molecular flexibility index (Phi) is 7.17. The highest BCUT2D eigenvalue weighted by atomic mass is 16.1. The molecular formula is C15H24N4O. The van der Waals surface area contributed by atoms with Gasteiger partial charge in [0.1, 0.15) is 0 Å². The third-order valence-electron chi connectivity index (χ3n) is 2.75. The predicted molar refractivity (Wildman–Crippen MR) is 82.7 cm³/mol. The Hall–Kier alpha value is -2.04. The molecule has 0 aliphatic rings. The van der Waals surface area contributed by atoms with Crippen LogP contribution < -0.4 is 16.0 Å². The summed E-state index contributed by atoms with van der Waals surface area (Å²) in [6, 6.07) is 10.4. The van der Waals surface area contributed by atoms with E-state index in [2.05, 4.69) is 40.0 Å². The van der Waals surface area contributed by atoms with Gasteiger partial charge >= 0.3 is 0 Å². The fourth-order valence-corrected chi connectivity index (χ4v) is 1.75. The van der Waals surface area contributed by atoms with Crippen molar-refractivity contribution in [2.75, 3.05) is 19.6 Å². The summed E-state index contributed by atoms with van der Waals surface area (Å²) in [7, 11) is 0. The highest BCUT2D eigenvalue weighted by Gasteiger charge is 2.06. The van der Waals surface area contributed by atoms with E-state index in [1.165, 1.54) is 12.5 Å². The van der Waals surface area contributed by atoms with Crippen LogP contribution in [-0.4, -0.2) is 31.5 Å². The van der Waals surface area contributed by atoms with Gasteiger partial charge in [-0.05, 0) is 19.4 Å². The molecule has 0 bridgehead atoms. The molecule has 3 N–H and O–H groups in total. The molecule has 0 radical (unpaired) electrons. The zero-order valence-corrected chi connectivity index (χ0v) is 12.4. The highest BCUT2D eigenvalue weighted by molar-refractivity contribution is 5.80. The molecule has 1 aromatic carbocycles. The van der Waals surface area contributed by atoms with E-state index in [0.717, 1.165) is 12.5 Å². The number of guanidine groups is 1. The molecule has 1 rings (SSSR count). The Labute approximate surface area is 120 Å². The van der Waals surface area contributed by atoms with Gasteiger partial charge < -0.3 is 16.0 Å². The van der Waals surface area contributed by atoms with Crippen LogP contribution in [0, 0.1) is 0 Å². The number of amides is 1. The quantitative estimate of drug-likeness (QED) is 0.418. The van der Waals surface area contributed by atoms with Crippen molar-refractivity contribution in [2.24, 2.45) is 4.99 Å². The van der Waals surface area contributed by atoms with Crippen molar-refractivity contribution in [3.8, 4) is 0 Å². The largest absolute Gasteiger partial charge is 0.357 e. The molecule has 0 spiro atoms. The molecule has 5 nitrogen and oxygen atoms in total. The van der Waals surface area contributed by atoms with E-state index in [9.17, 15) is 4.79 Å². The minimum Gasteiger partial charge on any atom is -0.357 e. The third-order valence-corrected chi connectivity index (χ3v) is 2.75. The van der Waals surface area contributed by atoms with E-state index in [4.69, 9.17) is 0 Å². The van der Waals surface area contributed by atoms with Crippen LogP contribution >= 0.6 is 0 Å². The normalized spacial score (nSPS) is 12.7. The average molecular weight is 276 g/mol. The van der Waals surface area contributed by atoms with E-state index in [0.29, 0.717) is 13.1 Å². The number of aliphatic imine (C=N–C) groups is 1. The van der Waals surface area contributed by atoms with Crippen molar-refractivity contribution in [3.63, 3.8) is 0 Å². The SMILES string of the molecule is CCNC(=NCCNC(C)=O)NC(C)c1ccccc1. The summed E-state index contributed by atoms with van der Waals surface area (Å²) in [4.78, 5) is 15.2. The predicted octanol–water partition coefficient (Wildman–Crippen LogP) is 1.44. The fraction of sp³-hybridized carbons (Fsp3) is 0.467. The van der Waals surface area contributed by atoms with Crippen molar-refractivity contribution in [3.05, 3.63) is 35.9 Å². The maximum absolute atomic E-state index is 10.8. The zero-order valence-electron chi connectivity index (χ0n) is 12.4. The van der Waals surface area contributed by atoms with Crippen LogP contribution in [0.15, 0.2) is 35.3 Å². The number of hydrogen-bond acceptors (Lipinski definition) is 2. The zero-order chi connectivity index (χ0) is 14.8. The first-order chi connectivity index (χ1) is 9.63. The molecule has 0 heterocycles. The van der Waals surface area contributed by atoms with Crippen molar-refractivity contribution in [2.45, 2.75) is 26.8 Å². The van der Waals surface area contributed by atoms with E-state index in [1.54, 1.807) is 0 Å². The monoisotopic (exact) mass is 276 g/mol. The van der Waals surface area contributed by atoms with Crippen LogP contribution in [0.4, 0.5) is 0 Å². The van der Waals surface area contributed by atoms with E-state index >= 15 is 0 Å². The Morgan fingerprint density at radius 1 is 1.25 bits per heavy atom. The fourth-order valence-electron chi connectivity index (χ4n) is 1.75. The summed E-state index contributed by atoms with van der Waals surface area (Å²) in [6.45, 7) is 7.52. The maximum Gasteiger partial charge on any atom is 0.216 e. The molecule has 0 aliphatic carbocycles. The van der Waals surface area contributed by atoms with Crippen LogP contribution in [0.3, 0.4) is 0 Å². The third kappa shape index (κ3) is 6.22. The van der Waals surface area contributed by atoms with Crippen LogP contribution in [0.2, 0.25) is 0 Å². The highest BCUT2D eigenvalue weighted by Crippen LogP contribution is 2.10. The molecular weight excluding hydrogens is 252 g/mol. The van der Waals surface area contributed by atoms with E-state index < -0.39 is 0 Å². The van der Waals surface area contributed by atoms with Crippen molar-refractivity contribution in [1.29, 1.82) is 0 Å². The maximum atomic E-state index is 10.8. The number of hydrogen-bond donors (Lipinski definition) is 3. The summed E-state index contributed by atoms with van der Waals surface area (Å²) in [6.07, 6.45) is 0. The second kappa shape index (κ2) is 8.96. The molecule has 110 valence electrons. The Morgan fingerprint density at radius 3 is 2.55 bits per heavy atom. The van der Waals surface area contributed by atoms with Gasteiger partial charge in [0, 0.05) is 20.0 Å². The first kappa shape index (κ1) is 16.0. The molecule has 1 unspecified atom stereocenters. The van der Waals surface area contributed by atoms with Gasteiger partial charge in [0.15, 0.2) is 5.96 Å². The molecule has 0 fully saturated rings. The Morgan fingerprint density at radius 2 is 1.95 bits per heavy atom. The number of carbonyl (C=O) groups is 1. The average Bonchev–Trinajstić information content (AvgIpc) is 2.44. The van der Waals surface area contributed by atoms with Gasteiger partial charge in [-0.2, -0.15) is 0 Å². The second-order valence-electron chi connectivity index (χ2n) is 4.52. The molecule has 1 atom stereocenters. The first-order valence-corrected chi connectivity index (χ1v) is 6.97. The van der Waals surface area contributed by atoms with Crippen molar-refractivity contribution >= 4 is 11.9 Å². The lowest BCUT2D eigenvalue weighted by atomic mass is 10.1. The minimum absolute atomic E-state index is 0.0317. The van der Waals surface area contributed by atoms with Gasteiger partial charge in [-0.3, -0.25) is 9.79 Å². The van der Waals surface area contributed by atoms with Crippen molar-refractivity contribution in [1.82, 2.24) is 16.0 Å². The van der Waals surface area contributed by atoms with E-state index in [-0.39, 0.29) is 11.9 Å². The topological polar surface area (TPSA) is 65.5 Å². The van der Waals surface area contributed by atoms with Crippen LogP contribution in [0.25, 0.3) is 0 Å². The second-order valence-corrected chi connectivity index (χ2v) is 4.52. The summed E-state index contributed by atoms with van der Waals surface area (Å²) in [5.41, 5.74) is 1.21. The molecule has 20 heavy (non-hydrogen) atoms.